The Kier molecular flexibility index (Phi) is 4.04. The number of aromatic nitrogens is 2. The van der Waals surface area contributed by atoms with Crippen LogP contribution in [0.15, 0.2) is 16.6 Å². The molecule has 0 bridgehead atoms. The zero-order valence-corrected chi connectivity index (χ0v) is 13.7. The minimum Gasteiger partial charge on any atom is -0.326 e. The Morgan fingerprint density at radius 3 is 2.80 bits per heavy atom. The number of hydrogen-bond donors (Lipinski definition) is 0. The second-order valence-corrected chi connectivity index (χ2v) is 7.11. The molecule has 0 aliphatic heterocycles. The predicted octanol–water partition coefficient (Wildman–Crippen LogP) is 5.43. The molecule has 1 aliphatic carbocycles. The quantitative estimate of drug-likeness (QED) is 0.668. The lowest BCUT2D eigenvalue weighted by molar-refractivity contribution is 0.454. The molecular weight excluding hydrogens is 343 g/mol. The molecular formula is C15H17BrClFN2. The third-order valence-electron chi connectivity index (χ3n) is 4.09. The highest BCUT2D eigenvalue weighted by Crippen LogP contribution is 2.32. The summed E-state index contributed by atoms with van der Waals surface area (Å²) in [5, 5.41) is -0.175. The number of rotatable bonds is 3. The first-order chi connectivity index (χ1) is 9.56. The maximum absolute atomic E-state index is 13.7. The zero-order chi connectivity index (χ0) is 14.3. The SMILES string of the molecule is CC(Cl)c1nc2cc(F)c(Br)cc2n1CC1CCCC1. The molecule has 1 aliphatic rings. The van der Waals surface area contributed by atoms with Crippen LogP contribution in [0.2, 0.25) is 0 Å². The van der Waals surface area contributed by atoms with Gasteiger partial charge in [0.15, 0.2) is 0 Å². The summed E-state index contributed by atoms with van der Waals surface area (Å²) in [6, 6.07) is 3.29. The molecule has 0 N–H and O–H groups in total. The number of nitrogens with zero attached hydrogens (tertiary/aromatic N) is 2. The van der Waals surface area contributed by atoms with Crippen molar-refractivity contribution in [2.45, 2.75) is 44.5 Å². The fourth-order valence-electron chi connectivity index (χ4n) is 3.09. The Morgan fingerprint density at radius 1 is 1.45 bits per heavy atom. The van der Waals surface area contributed by atoms with Crippen molar-refractivity contribution < 1.29 is 4.39 Å². The van der Waals surface area contributed by atoms with Gasteiger partial charge in [-0.25, -0.2) is 9.37 Å². The third kappa shape index (κ3) is 2.60. The maximum atomic E-state index is 13.7. The Bertz CT molecular complexity index is 632. The highest BCUT2D eigenvalue weighted by molar-refractivity contribution is 9.10. The van der Waals surface area contributed by atoms with E-state index in [1.165, 1.54) is 31.7 Å². The molecule has 2 aromatic rings. The van der Waals surface area contributed by atoms with Gasteiger partial charge in [0.1, 0.15) is 11.6 Å². The number of hydrogen-bond acceptors (Lipinski definition) is 1. The molecule has 1 fully saturated rings. The first-order valence-electron chi connectivity index (χ1n) is 7.05. The van der Waals surface area contributed by atoms with Crippen molar-refractivity contribution in [2.75, 3.05) is 0 Å². The average molecular weight is 360 g/mol. The largest absolute Gasteiger partial charge is 0.326 e. The van der Waals surface area contributed by atoms with Gasteiger partial charge in [0.2, 0.25) is 0 Å². The van der Waals surface area contributed by atoms with Crippen molar-refractivity contribution in [3.8, 4) is 0 Å². The molecule has 3 rings (SSSR count). The van der Waals surface area contributed by atoms with Crippen LogP contribution in [0.3, 0.4) is 0 Å². The molecule has 1 atom stereocenters. The Morgan fingerprint density at radius 2 is 2.15 bits per heavy atom. The van der Waals surface area contributed by atoms with Crippen LogP contribution < -0.4 is 0 Å². The van der Waals surface area contributed by atoms with E-state index in [1.54, 1.807) is 0 Å². The second kappa shape index (κ2) is 5.64. The fourth-order valence-corrected chi connectivity index (χ4v) is 3.58. The van der Waals surface area contributed by atoms with Gasteiger partial charge in [-0.3, -0.25) is 0 Å². The van der Waals surface area contributed by atoms with Crippen molar-refractivity contribution in [2.24, 2.45) is 5.92 Å². The number of alkyl halides is 1. The van der Waals surface area contributed by atoms with Crippen molar-refractivity contribution >= 4 is 38.6 Å². The summed E-state index contributed by atoms with van der Waals surface area (Å²) in [7, 11) is 0. The van der Waals surface area contributed by atoms with Gasteiger partial charge < -0.3 is 4.57 Å². The summed E-state index contributed by atoms with van der Waals surface area (Å²) in [6.07, 6.45) is 5.14. The van der Waals surface area contributed by atoms with E-state index in [0.717, 1.165) is 17.9 Å². The van der Waals surface area contributed by atoms with Gasteiger partial charge in [-0.05, 0) is 47.7 Å². The number of fused-ring (bicyclic) bond motifs is 1. The van der Waals surface area contributed by atoms with Crippen molar-refractivity contribution in [3.63, 3.8) is 0 Å². The first kappa shape index (κ1) is 14.3. The highest BCUT2D eigenvalue weighted by atomic mass is 79.9. The molecule has 1 aromatic carbocycles. The van der Waals surface area contributed by atoms with Crippen LogP contribution >= 0.6 is 27.5 Å². The highest BCUT2D eigenvalue weighted by Gasteiger charge is 2.21. The lowest BCUT2D eigenvalue weighted by Gasteiger charge is -2.15. The van der Waals surface area contributed by atoms with E-state index in [9.17, 15) is 4.39 Å². The number of imidazole rings is 1. The first-order valence-corrected chi connectivity index (χ1v) is 8.28. The molecule has 108 valence electrons. The van der Waals surface area contributed by atoms with Crippen molar-refractivity contribution in [1.29, 1.82) is 0 Å². The van der Waals surface area contributed by atoms with Crippen LogP contribution in [0.5, 0.6) is 0 Å². The van der Waals surface area contributed by atoms with Gasteiger partial charge in [-0.2, -0.15) is 0 Å². The molecule has 0 radical (unpaired) electrons. The molecule has 0 amide bonds. The zero-order valence-electron chi connectivity index (χ0n) is 11.4. The summed E-state index contributed by atoms with van der Waals surface area (Å²) in [6.45, 7) is 2.85. The van der Waals surface area contributed by atoms with E-state index in [-0.39, 0.29) is 11.2 Å². The van der Waals surface area contributed by atoms with Gasteiger partial charge >= 0.3 is 0 Å². The van der Waals surface area contributed by atoms with E-state index in [1.807, 2.05) is 13.0 Å². The number of benzene rings is 1. The average Bonchev–Trinajstić information content (AvgIpc) is 3.00. The third-order valence-corrected chi connectivity index (χ3v) is 4.89. The summed E-state index contributed by atoms with van der Waals surface area (Å²) in [4.78, 5) is 4.53. The molecule has 1 heterocycles. The van der Waals surface area contributed by atoms with Crippen LogP contribution in [0, 0.1) is 11.7 Å². The lowest BCUT2D eigenvalue weighted by atomic mass is 10.1. The van der Waals surface area contributed by atoms with Gasteiger partial charge in [0, 0.05) is 12.6 Å². The standard InChI is InChI=1S/C15H17BrClFN2/c1-9(17)15-19-13-7-12(18)11(16)6-14(13)20(15)8-10-4-2-3-5-10/h6-7,9-10H,2-5,8H2,1H3. The Balaban J connectivity index is 2.10. The van der Waals surface area contributed by atoms with E-state index in [0.29, 0.717) is 15.9 Å². The molecule has 1 unspecified atom stereocenters. The van der Waals surface area contributed by atoms with E-state index in [2.05, 4.69) is 25.5 Å². The Labute approximate surface area is 131 Å². The smallest absolute Gasteiger partial charge is 0.139 e. The van der Waals surface area contributed by atoms with Crippen LogP contribution in [-0.2, 0) is 6.54 Å². The van der Waals surface area contributed by atoms with Gasteiger partial charge in [-0.15, -0.1) is 11.6 Å². The molecule has 5 heteroatoms. The normalized spacial score (nSPS) is 18.0. The van der Waals surface area contributed by atoms with Crippen LogP contribution in [0.1, 0.15) is 43.8 Å². The lowest BCUT2D eigenvalue weighted by Crippen LogP contribution is -2.11. The molecule has 1 aromatic heterocycles. The topological polar surface area (TPSA) is 17.8 Å². The molecule has 0 spiro atoms. The minimum atomic E-state index is -0.281. The van der Waals surface area contributed by atoms with Gasteiger partial charge in [0.05, 0.1) is 20.9 Å². The molecule has 20 heavy (non-hydrogen) atoms. The van der Waals surface area contributed by atoms with E-state index >= 15 is 0 Å². The van der Waals surface area contributed by atoms with Gasteiger partial charge in [-0.1, -0.05) is 12.8 Å². The van der Waals surface area contributed by atoms with Gasteiger partial charge in [0.25, 0.3) is 0 Å². The Hall–Kier alpha value is -0.610. The maximum Gasteiger partial charge on any atom is 0.139 e. The second-order valence-electron chi connectivity index (χ2n) is 5.60. The van der Waals surface area contributed by atoms with Crippen molar-refractivity contribution in [1.82, 2.24) is 9.55 Å². The fraction of sp³-hybridized carbons (Fsp3) is 0.533. The summed E-state index contributed by atoms with van der Waals surface area (Å²) < 4.78 is 16.3. The molecule has 2 nitrogen and oxygen atoms in total. The summed E-state index contributed by atoms with van der Waals surface area (Å²) in [5.41, 5.74) is 1.65. The van der Waals surface area contributed by atoms with Crippen molar-refractivity contribution in [3.05, 3.63) is 28.2 Å². The van der Waals surface area contributed by atoms with E-state index < -0.39 is 0 Å². The van der Waals surface area contributed by atoms with Crippen LogP contribution in [0.4, 0.5) is 4.39 Å². The van der Waals surface area contributed by atoms with E-state index in [4.69, 9.17) is 11.6 Å². The minimum absolute atomic E-state index is 0.175. The van der Waals surface area contributed by atoms with Crippen LogP contribution in [-0.4, -0.2) is 9.55 Å². The predicted molar refractivity (Wildman–Crippen MR) is 83.6 cm³/mol. The van der Waals surface area contributed by atoms with Crippen LogP contribution in [0.25, 0.3) is 11.0 Å². The summed E-state index contributed by atoms with van der Waals surface area (Å²) in [5.74, 6) is 1.24. The monoisotopic (exact) mass is 358 g/mol. The summed E-state index contributed by atoms with van der Waals surface area (Å²) >= 11 is 9.52. The molecule has 0 saturated heterocycles. The number of halogens is 3. The molecule has 1 saturated carbocycles.